The van der Waals surface area contributed by atoms with E-state index in [1.54, 1.807) is 6.07 Å². The summed E-state index contributed by atoms with van der Waals surface area (Å²) < 4.78 is 13.9. The normalized spacial score (nSPS) is 26.3. The Bertz CT molecular complexity index is 617. The third-order valence-corrected chi connectivity index (χ3v) is 4.61. The predicted molar refractivity (Wildman–Crippen MR) is 79.0 cm³/mol. The summed E-state index contributed by atoms with van der Waals surface area (Å²) in [7, 11) is 0. The van der Waals surface area contributed by atoms with Gasteiger partial charge >= 0.3 is 0 Å². The fourth-order valence-electron chi connectivity index (χ4n) is 3.58. The first-order valence-corrected chi connectivity index (χ1v) is 7.46. The van der Waals surface area contributed by atoms with Gasteiger partial charge in [0.05, 0.1) is 12.1 Å². The number of fused-ring (bicyclic) bond motifs is 2. The van der Waals surface area contributed by atoms with Gasteiger partial charge in [0.2, 0.25) is 0 Å². The molecule has 2 saturated carbocycles. The van der Waals surface area contributed by atoms with Crippen molar-refractivity contribution in [3.05, 3.63) is 35.1 Å². The van der Waals surface area contributed by atoms with Gasteiger partial charge in [0, 0.05) is 11.6 Å². The second-order valence-corrected chi connectivity index (χ2v) is 5.96. The van der Waals surface area contributed by atoms with E-state index >= 15 is 0 Å². The first-order valence-electron chi connectivity index (χ1n) is 7.46. The lowest BCUT2D eigenvalue weighted by Gasteiger charge is -2.22. The Labute approximate surface area is 124 Å². The maximum absolute atomic E-state index is 13.9. The molecular weight excluding hydrogens is 267 g/mol. The van der Waals surface area contributed by atoms with Crippen LogP contribution in [0.1, 0.15) is 41.6 Å². The molecule has 0 saturated heterocycles. The second kappa shape index (κ2) is 5.87. The van der Waals surface area contributed by atoms with E-state index in [2.05, 4.69) is 17.2 Å². The van der Waals surface area contributed by atoms with Gasteiger partial charge in [-0.2, -0.15) is 0 Å². The van der Waals surface area contributed by atoms with Crippen molar-refractivity contribution in [3.8, 4) is 11.8 Å². The minimum Gasteiger partial charge on any atom is -0.349 e. The fourth-order valence-corrected chi connectivity index (χ4v) is 3.58. The van der Waals surface area contributed by atoms with Crippen LogP contribution in [0.3, 0.4) is 0 Å². The third kappa shape index (κ3) is 2.93. The molecule has 0 radical (unpaired) electrons. The summed E-state index contributed by atoms with van der Waals surface area (Å²) in [4.78, 5) is 12.2. The summed E-state index contributed by atoms with van der Waals surface area (Å²) in [6, 6.07) is 4.67. The van der Waals surface area contributed by atoms with Crippen molar-refractivity contribution in [1.29, 1.82) is 0 Å². The van der Waals surface area contributed by atoms with Crippen LogP contribution in [0.15, 0.2) is 18.2 Å². The van der Waals surface area contributed by atoms with Crippen LogP contribution >= 0.6 is 0 Å². The van der Waals surface area contributed by atoms with Gasteiger partial charge < -0.3 is 11.1 Å². The molecule has 3 rings (SSSR count). The predicted octanol–water partition coefficient (Wildman–Crippen LogP) is 2.05. The van der Waals surface area contributed by atoms with E-state index in [1.807, 2.05) is 0 Å². The zero-order valence-corrected chi connectivity index (χ0v) is 11.9. The lowest BCUT2D eigenvalue weighted by molar-refractivity contribution is 0.0922. The van der Waals surface area contributed by atoms with Crippen LogP contribution in [0, 0.1) is 29.5 Å². The van der Waals surface area contributed by atoms with Gasteiger partial charge in [0.15, 0.2) is 0 Å². The number of amides is 1. The largest absolute Gasteiger partial charge is 0.349 e. The lowest BCUT2D eigenvalue weighted by Crippen LogP contribution is -2.38. The highest BCUT2D eigenvalue weighted by Gasteiger charge is 2.40. The van der Waals surface area contributed by atoms with Crippen molar-refractivity contribution < 1.29 is 9.18 Å². The van der Waals surface area contributed by atoms with E-state index in [4.69, 9.17) is 5.73 Å². The molecule has 0 heterocycles. The number of hydrogen-bond acceptors (Lipinski definition) is 2. The molecule has 0 aliphatic heterocycles. The van der Waals surface area contributed by atoms with E-state index < -0.39 is 5.82 Å². The summed E-state index contributed by atoms with van der Waals surface area (Å²) in [6.45, 7) is 0.186. The van der Waals surface area contributed by atoms with E-state index in [1.165, 1.54) is 31.4 Å². The zero-order valence-electron chi connectivity index (χ0n) is 11.9. The molecule has 1 aromatic carbocycles. The number of halogens is 1. The first-order chi connectivity index (χ1) is 10.2. The summed E-state index contributed by atoms with van der Waals surface area (Å²) in [6.07, 6.45) is 4.80. The minimum absolute atomic E-state index is 0.186. The van der Waals surface area contributed by atoms with Crippen LogP contribution in [0.25, 0.3) is 0 Å². The third-order valence-electron chi connectivity index (χ3n) is 4.61. The molecule has 3 nitrogen and oxygen atoms in total. The molecule has 110 valence electrons. The molecule has 4 heteroatoms. The molecule has 1 amide bonds. The van der Waals surface area contributed by atoms with Crippen LogP contribution in [0.5, 0.6) is 0 Å². The maximum atomic E-state index is 13.9. The Kier molecular flexibility index (Phi) is 3.94. The smallest absolute Gasteiger partial charge is 0.251 e. The van der Waals surface area contributed by atoms with Crippen molar-refractivity contribution in [2.24, 2.45) is 17.6 Å². The van der Waals surface area contributed by atoms with Crippen molar-refractivity contribution in [2.45, 2.75) is 31.7 Å². The van der Waals surface area contributed by atoms with E-state index in [0.717, 1.165) is 12.3 Å². The Balaban J connectivity index is 1.69. The monoisotopic (exact) mass is 286 g/mol. The molecule has 1 aromatic rings. The minimum atomic E-state index is -0.475. The van der Waals surface area contributed by atoms with E-state index in [-0.39, 0.29) is 24.1 Å². The topological polar surface area (TPSA) is 55.1 Å². The molecule has 2 aliphatic carbocycles. The number of nitrogens with two attached hydrogens (primary N) is 1. The lowest BCUT2D eigenvalue weighted by atomic mass is 9.95. The van der Waals surface area contributed by atoms with Gasteiger partial charge in [-0.05, 0) is 49.3 Å². The molecule has 2 fully saturated rings. The summed E-state index contributed by atoms with van der Waals surface area (Å²) in [5.74, 6) is 5.97. The quantitative estimate of drug-likeness (QED) is 0.818. The Morgan fingerprint density at radius 1 is 1.38 bits per heavy atom. The van der Waals surface area contributed by atoms with Gasteiger partial charge in [-0.3, -0.25) is 4.79 Å². The highest BCUT2D eigenvalue weighted by Crippen LogP contribution is 2.44. The molecule has 2 aliphatic rings. The number of benzene rings is 1. The number of carbonyl (C=O) groups is 1. The molecule has 0 spiro atoms. The van der Waals surface area contributed by atoms with E-state index in [9.17, 15) is 9.18 Å². The van der Waals surface area contributed by atoms with Crippen LogP contribution in [0.4, 0.5) is 4.39 Å². The highest BCUT2D eigenvalue weighted by atomic mass is 19.1. The molecule has 2 bridgehead atoms. The maximum Gasteiger partial charge on any atom is 0.251 e. The van der Waals surface area contributed by atoms with Crippen LogP contribution in [0.2, 0.25) is 0 Å². The number of hydrogen-bond donors (Lipinski definition) is 2. The van der Waals surface area contributed by atoms with Crippen molar-refractivity contribution in [1.82, 2.24) is 5.32 Å². The number of carbonyl (C=O) groups excluding carboxylic acids is 1. The van der Waals surface area contributed by atoms with Crippen LogP contribution < -0.4 is 11.1 Å². The average molecular weight is 286 g/mol. The first kappa shape index (κ1) is 14.1. The Morgan fingerprint density at radius 3 is 2.86 bits per heavy atom. The Morgan fingerprint density at radius 2 is 2.24 bits per heavy atom. The van der Waals surface area contributed by atoms with Crippen LogP contribution in [-0.4, -0.2) is 18.5 Å². The molecular formula is C17H19FN2O. The number of nitrogens with one attached hydrogen (secondary N) is 1. The van der Waals surface area contributed by atoms with Crippen molar-refractivity contribution >= 4 is 5.91 Å². The summed E-state index contributed by atoms with van der Waals surface area (Å²) in [5, 5.41) is 3.05. The summed E-state index contributed by atoms with van der Waals surface area (Å²) in [5.41, 5.74) is 5.90. The Hall–Kier alpha value is -1.86. The molecule has 3 N–H and O–H groups in total. The zero-order chi connectivity index (χ0) is 14.8. The molecule has 3 unspecified atom stereocenters. The molecule has 3 atom stereocenters. The van der Waals surface area contributed by atoms with Crippen molar-refractivity contribution in [2.75, 3.05) is 6.54 Å². The highest BCUT2D eigenvalue weighted by molar-refractivity contribution is 5.94. The molecule has 21 heavy (non-hydrogen) atoms. The number of rotatable bonds is 2. The van der Waals surface area contributed by atoms with Gasteiger partial charge in [0.1, 0.15) is 5.82 Å². The van der Waals surface area contributed by atoms with Gasteiger partial charge in [0.25, 0.3) is 5.91 Å². The molecule has 0 aromatic heterocycles. The average Bonchev–Trinajstić information content (AvgIpc) is 3.08. The van der Waals surface area contributed by atoms with E-state index in [0.29, 0.717) is 11.5 Å². The van der Waals surface area contributed by atoms with Gasteiger partial charge in [-0.1, -0.05) is 18.3 Å². The van der Waals surface area contributed by atoms with Crippen LogP contribution in [-0.2, 0) is 0 Å². The van der Waals surface area contributed by atoms with Gasteiger partial charge in [-0.25, -0.2) is 4.39 Å². The van der Waals surface area contributed by atoms with Crippen molar-refractivity contribution in [3.63, 3.8) is 0 Å². The second-order valence-electron chi connectivity index (χ2n) is 5.96. The SMILES string of the molecule is NCC#Cc1ccc(C(=O)NC2CC3CCC2C3)cc1F. The van der Waals surface area contributed by atoms with Gasteiger partial charge in [-0.15, -0.1) is 0 Å². The standard InChI is InChI=1S/C17H19FN2O/c18-15-10-14(6-5-12(15)2-1-7-19)17(21)20-16-9-11-3-4-13(16)8-11/h5-6,10-11,13,16H,3-4,7-9,19H2,(H,20,21). The summed E-state index contributed by atoms with van der Waals surface area (Å²) >= 11 is 0. The fraction of sp³-hybridized carbons (Fsp3) is 0.471.